The Morgan fingerprint density at radius 2 is 2.20 bits per heavy atom. The molecule has 0 aromatic heterocycles. The fourth-order valence-electron chi connectivity index (χ4n) is 3.26. The monoisotopic (exact) mass is 209 g/mol. The second-order valence-corrected chi connectivity index (χ2v) is 4.91. The topological polar surface area (TPSA) is 49.3 Å². The Morgan fingerprint density at radius 3 is 2.80 bits per heavy atom. The highest BCUT2D eigenvalue weighted by Gasteiger charge is 2.50. The van der Waals surface area contributed by atoms with E-state index in [1.807, 2.05) is 13.0 Å². The average molecular weight is 209 g/mol. The lowest BCUT2D eigenvalue weighted by Gasteiger charge is -2.30. The van der Waals surface area contributed by atoms with E-state index in [0.717, 1.165) is 12.8 Å². The minimum absolute atomic E-state index is 0.161. The molecule has 15 heavy (non-hydrogen) atoms. The highest BCUT2D eigenvalue weighted by molar-refractivity contribution is 5.72. The third-order valence-electron chi connectivity index (χ3n) is 4.01. The third-order valence-corrected chi connectivity index (χ3v) is 4.01. The van der Waals surface area contributed by atoms with Crippen LogP contribution in [0, 0.1) is 17.8 Å². The molecule has 0 aromatic carbocycles. The van der Waals surface area contributed by atoms with Crippen molar-refractivity contribution in [3.8, 4) is 0 Å². The summed E-state index contributed by atoms with van der Waals surface area (Å²) in [4.78, 5) is 11.2. The van der Waals surface area contributed by atoms with Crippen LogP contribution < -0.4 is 5.32 Å². The number of hydrogen-bond donors (Lipinski definition) is 2. The molecule has 0 saturated heterocycles. The Bertz CT molecular complexity index is 277. The number of fused-ring (bicyclic) bond motifs is 2. The first-order valence-corrected chi connectivity index (χ1v) is 5.75. The second kappa shape index (κ2) is 3.97. The number of nitrogens with one attached hydrogen (secondary N) is 1. The summed E-state index contributed by atoms with van der Waals surface area (Å²) >= 11 is 0. The molecular weight excluding hydrogens is 190 g/mol. The van der Waals surface area contributed by atoms with Crippen LogP contribution in [0.3, 0.4) is 0 Å². The van der Waals surface area contributed by atoms with Crippen molar-refractivity contribution in [2.75, 3.05) is 0 Å². The van der Waals surface area contributed by atoms with Crippen LogP contribution in [-0.4, -0.2) is 23.2 Å². The fourth-order valence-corrected chi connectivity index (χ4v) is 3.26. The van der Waals surface area contributed by atoms with Gasteiger partial charge < -0.3 is 10.4 Å². The normalized spacial score (nSPS) is 40.3. The van der Waals surface area contributed by atoms with Crippen molar-refractivity contribution >= 4 is 5.97 Å². The quantitative estimate of drug-likeness (QED) is 0.692. The van der Waals surface area contributed by atoms with Gasteiger partial charge in [-0.25, -0.2) is 0 Å². The zero-order valence-electron chi connectivity index (χ0n) is 9.15. The molecule has 2 aliphatic rings. The van der Waals surface area contributed by atoms with Gasteiger partial charge >= 0.3 is 5.97 Å². The molecule has 0 heterocycles. The van der Waals surface area contributed by atoms with Crippen LogP contribution in [0.1, 0.15) is 26.2 Å². The summed E-state index contributed by atoms with van der Waals surface area (Å²) < 4.78 is 0. The number of carboxylic acid groups (broad SMARTS) is 1. The molecule has 2 fully saturated rings. The van der Waals surface area contributed by atoms with Crippen molar-refractivity contribution in [2.45, 2.75) is 38.3 Å². The highest BCUT2D eigenvalue weighted by Crippen LogP contribution is 2.48. The van der Waals surface area contributed by atoms with Crippen LogP contribution in [0.2, 0.25) is 0 Å². The summed E-state index contributed by atoms with van der Waals surface area (Å²) in [5.74, 6) is 0.169. The van der Waals surface area contributed by atoms with Crippen molar-refractivity contribution in [2.24, 2.45) is 17.8 Å². The number of carbonyl (C=O) groups is 1. The molecule has 2 aliphatic carbocycles. The minimum atomic E-state index is -0.629. The molecule has 0 spiro atoms. The van der Waals surface area contributed by atoms with E-state index in [-0.39, 0.29) is 18.0 Å². The maximum atomic E-state index is 11.2. The second-order valence-electron chi connectivity index (χ2n) is 4.91. The first-order chi connectivity index (χ1) is 7.13. The molecule has 2 saturated carbocycles. The standard InChI is InChI=1S/C12H19NO2/c1-3-7(2)13-11-9-5-4-8(6-9)10(11)12(14)15/h3,7-11,13H,1,4-6H2,2H3,(H,14,15). The summed E-state index contributed by atoms with van der Waals surface area (Å²) in [6.07, 6.45) is 5.22. The molecule has 84 valence electrons. The smallest absolute Gasteiger partial charge is 0.308 e. The molecule has 5 unspecified atom stereocenters. The lowest BCUT2D eigenvalue weighted by Crippen LogP contribution is -2.47. The molecule has 3 nitrogen and oxygen atoms in total. The summed E-state index contributed by atoms with van der Waals surface area (Å²) in [5.41, 5.74) is 0. The lowest BCUT2D eigenvalue weighted by atomic mass is 9.84. The maximum Gasteiger partial charge on any atom is 0.308 e. The van der Waals surface area contributed by atoms with Crippen LogP contribution in [-0.2, 0) is 4.79 Å². The van der Waals surface area contributed by atoms with Crippen molar-refractivity contribution in [3.63, 3.8) is 0 Å². The largest absolute Gasteiger partial charge is 0.481 e. The average Bonchev–Trinajstić information content (AvgIpc) is 2.77. The van der Waals surface area contributed by atoms with Crippen molar-refractivity contribution < 1.29 is 9.90 Å². The first kappa shape index (κ1) is 10.7. The minimum Gasteiger partial charge on any atom is -0.481 e. The zero-order chi connectivity index (χ0) is 11.0. The molecule has 0 aliphatic heterocycles. The van der Waals surface area contributed by atoms with Gasteiger partial charge in [0.05, 0.1) is 5.92 Å². The van der Waals surface area contributed by atoms with E-state index < -0.39 is 5.97 Å². The number of rotatable bonds is 4. The van der Waals surface area contributed by atoms with E-state index in [2.05, 4.69) is 11.9 Å². The summed E-state index contributed by atoms with van der Waals surface area (Å²) in [6.45, 7) is 5.75. The summed E-state index contributed by atoms with van der Waals surface area (Å²) in [7, 11) is 0. The van der Waals surface area contributed by atoms with E-state index in [1.54, 1.807) is 0 Å². The Balaban J connectivity index is 2.08. The van der Waals surface area contributed by atoms with Gasteiger partial charge in [0.15, 0.2) is 0 Å². The molecule has 2 bridgehead atoms. The van der Waals surface area contributed by atoms with Gasteiger partial charge in [-0.2, -0.15) is 0 Å². The van der Waals surface area contributed by atoms with Crippen LogP contribution in [0.4, 0.5) is 0 Å². The van der Waals surface area contributed by atoms with Crippen LogP contribution >= 0.6 is 0 Å². The predicted octanol–water partition coefficient (Wildman–Crippen LogP) is 1.65. The molecule has 3 heteroatoms. The van der Waals surface area contributed by atoms with Gasteiger partial charge in [-0.15, -0.1) is 6.58 Å². The van der Waals surface area contributed by atoms with E-state index in [1.165, 1.54) is 6.42 Å². The number of aliphatic carboxylic acids is 1. The summed E-state index contributed by atoms with van der Waals surface area (Å²) in [5, 5.41) is 12.6. The number of hydrogen-bond acceptors (Lipinski definition) is 2. The molecule has 0 amide bonds. The fraction of sp³-hybridized carbons (Fsp3) is 0.750. The number of carboxylic acids is 1. The lowest BCUT2D eigenvalue weighted by molar-refractivity contribution is -0.144. The van der Waals surface area contributed by atoms with Gasteiger partial charge in [-0.05, 0) is 38.0 Å². The van der Waals surface area contributed by atoms with E-state index in [4.69, 9.17) is 0 Å². The van der Waals surface area contributed by atoms with Crippen molar-refractivity contribution in [1.82, 2.24) is 5.32 Å². The highest BCUT2D eigenvalue weighted by atomic mass is 16.4. The molecular formula is C12H19NO2. The SMILES string of the molecule is C=CC(C)NC1C2CCC(C2)C1C(=O)O. The molecule has 2 N–H and O–H groups in total. The van der Waals surface area contributed by atoms with E-state index >= 15 is 0 Å². The van der Waals surface area contributed by atoms with Crippen molar-refractivity contribution in [3.05, 3.63) is 12.7 Å². The summed E-state index contributed by atoms with van der Waals surface area (Å²) in [6, 6.07) is 0.366. The maximum absolute atomic E-state index is 11.2. The van der Waals surface area contributed by atoms with Crippen LogP contribution in [0.5, 0.6) is 0 Å². The molecule has 0 aromatic rings. The van der Waals surface area contributed by atoms with Gasteiger partial charge in [0.25, 0.3) is 0 Å². The van der Waals surface area contributed by atoms with Gasteiger partial charge in [-0.3, -0.25) is 4.79 Å². The Morgan fingerprint density at radius 1 is 1.53 bits per heavy atom. The third kappa shape index (κ3) is 1.81. The first-order valence-electron chi connectivity index (χ1n) is 5.75. The molecule has 2 rings (SSSR count). The Labute approximate surface area is 90.6 Å². The van der Waals surface area contributed by atoms with E-state index in [9.17, 15) is 9.90 Å². The molecule has 0 radical (unpaired) electrons. The van der Waals surface area contributed by atoms with Crippen LogP contribution in [0.25, 0.3) is 0 Å². The van der Waals surface area contributed by atoms with Crippen molar-refractivity contribution in [1.29, 1.82) is 0 Å². The Hall–Kier alpha value is -0.830. The van der Waals surface area contributed by atoms with Gasteiger partial charge in [0, 0.05) is 12.1 Å². The Kier molecular flexibility index (Phi) is 2.83. The van der Waals surface area contributed by atoms with Gasteiger partial charge in [-0.1, -0.05) is 6.08 Å². The zero-order valence-corrected chi connectivity index (χ0v) is 9.15. The predicted molar refractivity (Wildman–Crippen MR) is 58.5 cm³/mol. The molecule has 5 atom stereocenters. The van der Waals surface area contributed by atoms with Gasteiger partial charge in [0.1, 0.15) is 0 Å². The van der Waals surface area contributed by atoms with Crippen LogP contribution in [0.15, 0.2) is 12.7 Å². The van der Waals surface area contributed by atoms with Gasteiger partial charge in [0.2, 0.25) is 0 Å². The van der Waals surface area contributed by atoms with E-state index in [0.29, 0.717) is 11.8 Å².